The molecular formula is C15H14Cl2N2O2. The van der Waals surface area contributed by atoms with E-state index in [0.717, 1.165) is 5.56 Å². The summed E-state index contributed by atoms with van der Waals surface area (Å²) in [7, 11) is 0. The summed E-state index contributed by atoms with van der Waals surface area (Å²) in [6.07, 6.45) is 0.896. The molecule has 110 valence electrons. The Morgan fingerprint density at radius 3 is 2.81 bits per heavy atom. The van der Waals surface area contributed by atoms with Crippen LogP contribution in [0.3, 0.4) is 0 Å². The summed E-state index contributed by atoms with van der Waals surface area (Å²) in [6.45, 7) is 3.55. The molecule has 1 heterocycles. The highest BCUT2D eigenvalue weighted by molar-refractivity contribution is 6.42. The van der Waals surface area contributed by atoms with Crippen LogP contribution >= 0.6 is 23.2 Å². The second-order valence-electron chi connectivity index (χ2n) is 4.52. The molecule has 0 fully saturated rings. The summed E-state index contributed by atoms with van der Waals surface area (Å²) in [5.74, 6) is 0.529. The average Bonchev–Trinajstić information content (AvgIpc) is 2.44. The van der Waals surface area contributed by atoms with Gasteiger partial charge in [0.2, 0.25) is 0 Å². The van der Waals surface area contributed by atoms with Crippen LogP contribution in [0.15, 0.2) is 36.5 Å². The number of nitrogens with zero attached hydrogens (tertiary/aromatic N) is 1. The van der Waals surface area contributed by atoms with E-state index < -0.39 is 6.10 Å². The van der Waals surface area contributed by atoms with Gasteiger partial charge in [-0.15, -0.1) is 0 Å². The van der Waals surface area contributed by atoms with Crippen molar-refractivity contribution in [1.29, 1.82) is 0 Å². The lowest BCUT2D eigenvalue weighted by molar-refractivity contribution is -0.122. The van der Waals surface area contributed by atoms with Crippen molar-refractivity contribution in [3.05, 3.63) is 52.1 Å². The number of hydrogen-bond acceptors (Lipinski definition) is 3. The van der Waals surface area contributed by atoms with Crippen molar-refractivity contribution in [3.8, 4) is 5.75 Å². The van der Waals surface area contributed by atoms with E-state index in [-0.39, 0.29) is 10.9 Å². The van der Waals surface area contributed by atoms with Gasteiger partial charge in [-0.2, -0.15) is 0 Å². The predicted molar refractivity (Wildman–Crippen MR) is 84.2 cm³/mol. The molecule has 1 aromatic carbocycles. The Morgan fingerprint density at radius 2 is 2.10 bits per heavy atom. The number of pyridine rings is 1. The van der Waals surface area contributed by atoms with Crippen molar-refractivity contribution in [1.82, 2.24) is 4.98 Å². The van der Waals surface area contributed by atoms with Crippen molar-refractivity contribution < 1.29 is 9.53 Å². The molecule has 0 saturated heterocycles. The second-order valence-corrected chi connectivity index (χ2v) is 5.30. The van der Waals surface area contributed by atoms with Gasteiger partial charge in [0.05, 0.1) is 5.02 Å². The minimum atomic E-state index is -0.733. The number of rotatable bonds is 4. The zero-order valence-corrected chi connectivity index (χ0v) is 13.1. The molecule has 2 rings (SSSR count). The molecule has 0 spiro atoms. The molecule has 0 aliphatic rings. The number of hydrogen-bond donors (Lipinski definition) is 1. The van der Waals surface area contributed by atoms with Crippen molar-refractivity contribution in [2.24, 2.45) is 0 Å². The first-order valence-electron chi connectivity index (χ1n) is 6.31. The smallest absolute Gasteiger partial charge is 0.266 e. The van der Waals surface area contributed by atoms with Gasteiger partial charge >= 0.3 is 0 Å². The topological polar surface area (TPSA) is 51.2 Å². The van der Waals surface area contributed by atoms with Gasteiger partial charge in [-0.25, -0.2) is 4.98 Å². The van der Waals surface area contributed by atoms with Crippen LogP contribution in [0.2, 0.25) is 10.0 Å². The molecule has 0 bridgehead atoms. The quantitative estimate of drug-likeness (QED) is 0.921. The number of anilines is 1. The van der Waals surface area contributed by atoms with Gasteiger partial charge in [-0.1, -0.05) is 29.3 Å². The van der Waals surface area contributed by atoms with E-state index in [1.165, 1.54) is 0 Å². The zero-order valence-electron chi connectivity index (χ0n) is 11.6. The molecule has 1 N–H and O–H groups in total. The number of carbonyl (C=O) groups excluding carboxylic acids is 1. The largest absolute Gasteiger partial charge is 0.479 e. The number of aryl methyl sites for hydroxylation is 1. The standard InChI is InChI=1S/C15H14Cl2N2O2/c1-9-6-7-18-13(8-9)19-15(20)10(2)21-12-5-3-4-11(16)14(12)17/h3-8,10H,1-2H3,(H,18,19,20)/t10-/m0/s1. The minimum Gasteiger partial charge on any atom is -0.479 e. The molecule has 6 heteroatoms. The Morgan fingerprint density at radius 1 is 1.33 bits per heavy atom. The molecule has 21 heavy (non-hydrogen) atoms. The molecular weight excluding hydrogens is 311 g/mol. The fraction of sp³-hybridized carbons (Fsp3) is 0.200. The number of amides is 1. The van der Waals surface area contributed by atoms with Gasteiger partial charge in [0.15, 0.2) is 6.10 Å². The van der Waals surface area contributed by atoms with Gasteiger partial charge in [0.25, 0.3) is 5.91 Å². The SMILES string of the molecule is Cc1ccnc(NC(=O)[C@H](C)Oc2cccc(Cl)c2Cl)c1. The predicted octanol–water partition coefficient (Wildman–Crippen LogP) is 4.10. The third-order valence-corrected chi connectivity index (χ3v) is 3.56. The van der Waals surface area contributed by atoms with E-state index in [1.54, 1.807) is 37.4 Å². The highest BCUT2D eigenvalue weighted by atomic mass is 35.5. The Hall–Kier alpha value is -1.78. The lowest BCUT2D eigenvalue weighted by atomic mass is 10.3. The Balaban J connectivity index is 2.04. The van der Waals surface area contributed by atoms with Gasteiger partial charge in [-0.05, 0) is 43.7 Å². The molecule has 0 saturated carbocycles. The summed E-state index contributed by atoms with van der Waals surface area (Å²) in [6, 6.07) is 8.63. The molecule has 1 aromatic heterocycles. The van der Waals surface area contributed by atoms with Crippen LogP contribution in [0.5, 0.6) is 5.75 Å². The maximum atomic E-state index is 12.1. The lowest BCUT2D eigenvalue weighted by Crippen LogP contribution is -2.30. The molecule has 2 aromatic rings. The van der Waals surface area contributed by atoms with Crippen molar-refractivity contribution >= 4 is 34.9 Å². The highest BCUT2D eigenvalue weighted by Crippen LogP contribution is 2.32. The summed E-state index contributed by atoms with van der Waals surface area (Å²) in [5, 5.41) is 3.35. The van der Waals surface area contributed by atoms with E-state index in [0.29, 0.717) is 16.6 Å². The van der Waals surface area contributed by atoms with E-state index in [9.17, 15) is 4.79 Å². The molecule has 1 amide bonds. The fourth-order valence-electron chi connectivity index (χ4n) is 1.65. The van der Waals surface area contributed by atoms with Crippen LogP contribution in [0.25, 0.3) is 0 Å². The van der Waals surface area contributed by atoms with Gasteiger partial charge in [0, 0.05) is 6.20 Å². The van der Waals surface area contributed by atoms with Gasteiger partial charge < -0.3 is 10.1 Å². The first kappa shape index (κ1) is 15.6. The zero-order chi connectivity index (χ0) is 15.4. The molecule has 4 nitrogen and oxygen atoms in total. The minimum absolute atomic E-state index is 0.285. The first-order valence-corrected chi connectivity index (χ1v) is 7.07. The third kappa shape index (κ3) is 4.09. The first-order chi connectivity index (χ1) is 9.97. The average molecular weight is 325 g/mol. The van der Waals surface area contributed by atoms with Crippen LogP contribution in [0.1, 0.15) is 12.5 Å². The summed E-state index contributed by atoms with van der Waals surface area (Å²) < 4.78 is 5.53. The van der Waals surface area contributed by atoms with E-state index in [4.69, 9.17) is 27.9 Å². The monoisotopic (exact) mass is 324 g/mol. The van der Waals surface area contributed by atoms with Crippen LogP contribution < -0.4 is 10.1 Å². The van der Waals surface area contributed by atoms with Crippen LogP contribution in [0.4, 0.5) is 5.82 Å². The maximum Gasteiger partial charge on any atom is 0.266 e. The Kier molecular flexibility index (Phi) is 5.04. The number of benzene rings is 1. The van der Waals surface area contributed by atoms with Crippen LogP contribution in [0, 0.1) is 6.92 Å². The summed E-state index contributed by atoms with van der Waals surface area (Å²) in [5.41, 5.74) is 1.01. The van der Waals surface area contributed by atoms with E-state index >= 15 is 0 Å². The molecule has 1 atom stereocenters. The van der Waals surface area contributed by atoms with Crippen molar-refractivity contribution in [3.63, 3.8) is 0 Å². The Bertz CT molecular complexity index is 662. The normalized spacial score (nSPS) is 11.8. The van der Waals surface area contributed by atoms with Crippen molar-refractivity contribution in [2.45, 2.75) is 20.0 Å². The van der Waals surface area contributed by atoms with Crippen molar-refractivity contribution in [2.75, 3.05) is 5.32 Å². The number of carbonyl (C=O) groups is 1. The number of ether oxygens (including phenoxy) is 1. The van der Waals surface area contributed by atoms with Gasteiger partial charge in [-0.3, -0.25) is 4.79 Å². The Labute approximate surface area is 133 Å². The fourth-order valence-corrected chi connectivity index (χ4v) is 1.99. The number of halogens is 2. The highest BCUT2D eigenvalue weighted by Gasteiger charge is 2.17. The van der Waals surface area contributed by atoms with Crippen LogP contribution in [-0.2, 0) is 4.79 Å². The number of nitrogens with one attached hydrogen (secondary N) is 1. The lowest BCUT2D eigenvalue weighted by Gasteiger charge is -2.15. The van der Waals surface area contributed by atoms with E-state index in [2.05, 4.69) is 10.3 Å². The molecule has 0 aliphatic carbocycles. The van der Waals surface area contributed by atoms with Crippen LogP contribution in [-0.4, -0.2) is 17.0 Å². The molecule has 0 aliphatic heterocycles. The molecule has 0 unspecified atom stereocenters. The summed E-state index contributed by atoms with van der Waals surface area (Å²) in [4.78, 5) is 16.1. The maximum absolute atomic E-state index is 12.1. The third-order valence-electron chi connectivity index (χ3n) is 2.76. The second kappa shape index (κ2) is 6.78. The summed E-state index contributed by atoms with van der Waals surface area (Å²) >= 11 is 11.9. The number of aromatic nitrogens is 1. The van der Waals surface area contributed by atoms with E-state index in [1.807, 2.05) is 13.0 Å². The van der Waals surface area contributed by atoms with Gasteiger partial charge in [0.1, 0.15) is 16.6 Å². The molecule has 0 radical (unpaired) electrons.